The maximum absolute atomic E-state index is 12.7. The van der Waals surface area contributed by atoms with Crippen LogP contribution in [0.25, 0.3) is 0 Å². The number of benzene rings is 1. The first-order chi connectivity index (χ1) is 14.9. The predicted molar refractivity (Wildman–Crippen MR) is 117 cm³/mol. The van der Waals surface area contributed by atoms with Gasteiger partial charge in [0.2, 0.25) is 10.0 Å². The van der Waals surface area contributed by atoms with Gasteiger partial charge in [-0.15, -0.1) is 0 Å². The molecule has 1 aliphatic rings. The van der Waals surface area contributed by atoms with Crippen molar-refractivity contribution in [3.8, 4) is 5.75 Å². The highest BCUT2D eigenvalue weighted by molar-refractivity contribution is 7.91. The lowest BCUT2D eigenvalue weighted by Crippen LogP contribution is -2.47. The van der Waals surface area contributed by atoms with E-state index in [1.54, 1.807) is 20.8 Å². The van der Waals surface area contributed by atoms with Gasteiger partial charge in [0.1, 0.15) is 11.8 Å². The van der Waals surface area contributed by atoms with Crippen molar-refractivity contribution >= 4 is 31.7 Å². The average Bonchev–Trinajstić information content (AvgIpc) is 3.09. The minimum Gasteiger partial charge on any atom is -0.497 e. The van der Waals surface area contributed by atoms with E-state index in [0.717, 1.165) is 0 Å². The topological polar surface area (TPSA) is 136 Å². The molecule has 0 aliphatic carbocycles. The minimum atomic E-state index is -4.03. The van der Waals surface area contributed by atoms with Crippen molar-refractivity contribution in [3.05, 3.63) is 24.3 Å². The van der Waals surface area contributed by atoms with Gasteiger partial charge in [0.15, 0.2) is 16.4 Å². The summed E-state index contributed by atoms with van der Waals surface area (Å²) in [6, 6.07) is 4.00. The molecule has 0 radical (unpaired) electrons. The maximum atomic E-state index is 12.7. The van der Waals surface area contributed by atoms with E-state index in [1.165, 1.54) is 36.3 Å². The molecule has 0 spiro atoms. The second-order valence-corrected chi connectivity index (χ2v) is 11.8. The molecule has 0 bridgehead atoms. The average molecular weight is 491 g/mol. The molecule has 1 heterocycles. The number of amides is 1. The quantitative estimate of drug-likeness (QED) is 0.470. The molecule has 1 fully saturated rings. The Morgan fingerprint density at radius 2 is 1.84 bits per heavy atom. The number of sulfone groups is 1. The van der Waals surface area contributed by atoms with Crippen molar-refractivity contribution in [2.75, 3.05) is 31.8 Å². The van der Waals surface area contributed by atoms with Crippen molar-refractivity contribution in [1.82, 2.24) is 9.62 Å². The molecule has 1 amide bonds. The fourth-order valence-electron chi connectivity index (χ4n) is 3.41. The van der Waals surface area contributed by atoms with Gasteiger partial charge in [-0.2, -0.15) is 4.72 Å². The minimum absolute atomic E-state index is 0.0177. The molecule has 32 heavy (non-hydrogen) atoms. The summed E-state index contributed by atoms with van der Waals surface area (Å²) in [4.78, 5) is 26.5. The molecule has 0 saturated carbocycles. The summed E-state index contributed by atoms with van der Waals surface area (Å²) in [5, 5.41) is 0. The third-order valence-corrected chi connectivity index (χ3v) is 8.43. The highest BCUT2D eigenvalue weighted by Gasteiger charge is 2.35. The number of likely N-dealkylation sites (N-methyl/N-ethyl adjacent to an activating group) is 1. The Morgan fingerprint density at radius 1 is 1.22 bits per heavy atom. The van der Waals surface area contributed by atoms with Gasteiger partial charge in [-0.3, -0.25) is 9.59 Å². The van der Waals surface area contributed by atoms with Crippen LogP contribution in [0.15, 0.2) is 29.2 Å². The molecule has 10 nitrogen and oxygen atoms in total. The summed E-state index contributed by atoms with van der Waals surface area (Å²) in [6.45, 7) is 4.67. The van der Waals surface area contributed by atoms with Crippen LogP contribution in [-0.2, 0) is 34.2 Å². The number of nitrogens with one attached hydrogen (secondary N) is 1. The first-order valence-corrected chi connectivity index (χ1v) is 13.5. The van der Waals surface area contributed by atoms with Gasteiger partial charge in [-0.1, -0.05) is 13.8 Å². The van der Waals surface area contributed by atoms with Gasteiger partial charge in [-0.05, 0) is 43.5 Å². The van der Waals surface area contributed by atoms with Crippen LogP contribution in [0.3, 0.4) is 0 Å². The van der Waals surface area contributed by atoms with Gasteiger partial charge in [0.05, 0.1) is 23.5 Å². The Morgan fingerprint density at radius 3 is 2.31 bits per heavy atom. The smallest absolute Gasteiger partial charge is 0.324 e. The summed E-state index contributed by atoms with van der Waals surface area (Å²) in [7, 11) is -5.75. The monoisotopic (exact) mass is 490 g/mol. The molecule has 12 heteroatoms. The van der Waals surface area contributed by atoms with Gasteiger partial charge >= 0.3 is 5.97 Å². The number of carbonyl (C=O) groups is 2. The van der Waals surface area contributed by atoms with Gasteiger partial charge in [-0.25, -0.2) is 16.8 Å². The van der Waals surface area contributed by atoms with Crippen molar-refractivity contribution < 1.29 is 35.9 Å². The fourth-order valence-corrected chi connectivity index (χ4v) is 6.48. The van der Waals surface area contributed by atoms with Gasteiger partial charge in [0, 0.05) is 12.6 Å². The first-order valence-electron chi connectivity index (χ1n) is 10.2. The lowest BCUT2D eigenvalue weighted by Gasteiger charge is -2.27. The molecule has 1 saturated heterocycles. The lowest BCUT2D eigenvalue weighted by molar-refractivity contribution is -0.154. The maximum Gasteiger partial charge on any atom is 0.324 e. The number of rotatable bonds is 10. The van der Waals surface area contributed by atoms with Crippen molar-refractivity contribution in [2.45, 2.75) is 44.2 Å². The molecule has 1 aromatic carbocycles. The molecule has 180 valence electrons. The third-order valence-electron chi connectivity index (χ3n) is 5.22. The molecule has 1 aliphatic heterocycles. The zero-order valence-electron chi connectivity index (χ0n) is 18.6. The van der Waals surface area contributed by atoms with Crippen LogP contribution < -0.4 is 9.46 Å². The fraction of sp³-hybridized carbons (Fsp3) is 0.600. The number of sulfonamides is 1. The Bertz CT molecular complexity index is 1020. The molecular weight excluding hydrogens is 460 g/mol. The van der Waals surface area contributed by atoms with Crippen molar-refractivity contribution in [2.24, 2.45) is 5.92 Å². The molecule has 2 atom stereocenters. The normalized spacial score (nSPS) is 18.8. The van der Waals surface area contributed by atoms with Crippen LogP contribution in [0.5, 0.6) is 5.75 Å². The number of ether oxygens (including phenoxy) is 2. The van der Waals surface area contributed by atoms with E-state index in [4.69, 9.17) is 9.47 Å². The number of methoxy groups -OCH3 is 1. The second-order valence-electron chi connectivity index (χ2n) is 7.86. The molecule has 1 aromatic rings. The number of esters is 1. The summed E-state index contributed by atoms with van der Waals surface area (Å²) in [6.07, 6.45) is 0.339. The van der Waals surface area contributed by atoms with Gasteiger partial charge in [0.25, 0.3) is 5.91 Å². The van der Waals surface area contributed by atoms with Crippen LogP contribution >= 0.6 is 0 Å². The van der Waals surface area contributed by atoms with Gasteiger partial charge < -0.3 is 14.4 Å². The third kappa shape index (κ3) is 6.66. The van der Waals surface area contributed by atoms with E-state index in [1.807, 2.05) is 0 Å². The second kappa shape index (κ2) is 10.6. The molecular formula is C20H30N2O8S2. The molecule has 2 rings (SSSR count). The molecule has 0 aromatic heterocycles. The largest absolute Gasteiger partial charge is 0.497 e. The summed E-state index contributed by atoms with van der Waals surface area (Å²) >= 11 is 0. The van der Waals surface area contributed by atoms with E-state index in [9.17, 15) is 26.4 Å². The SMILES string of the molecule is CCN(C(=O)COC(=O)C(NS(=O)(=O)c1ccc(OC)cc1)C(C)C)C1CCS(=O)(=O)C1. The zero-order valence-corrected chi connectivity index (χ0v) is 20.2. The van der Waals surface area contributed by atoms with Crippen molar-refractivity contribution in [1.29, 1.82) is 0 Å². The first kappa shape index (κ1) is 26.1. The standard InChI is InChI=1S/C20H30N2O8S2/c1-5-22(15-10-11-31(25,26)13-15)18(23)12-30-20(24)19(14(2)3)21-32(27,28)17-8-6-16(29-4)7-9-17/h6-9,14-15,19,21H,5,10-13H2,1-4H3. The molecule has 1 N–H and O–H groups in total. The van der Waals surface area contributed by atoms with Crippen LogP contribution in [0.2, 0.25) is 0 Å². The Balaban J connectivity index is 2.04. The predicted octanol–water partition coefficient (Wildman–Crippen LogP) is 0.577. The van der Waals surface area contributed by atoms with Crippen LogP contribution in [0.1, 0.15) is 27.2 Å². The Hall–Kier alpha value is -2.18. The van der Waals surface area contributed by atoms with E-state index < -0.39 is 56.3 Å². The Labute approximate surface area is 189 Å². The van der Waals surface area contributed by atoms with E-state index >= 15 is 0 Å². The Kier molecular flexibility index (Phi) is 8.66. The summed E-state index contributed by atoms with van der Waals surface area (Å²) in [5.74, 6) is -1.48. The lowest BCUT2D eigenvalue weighted by atomic mass is 10.1. The van der Waals surface area contributed by atoms with E-state index in [0.29, 0.717) is 12.2 Å². The highest BCUT2D eigenvalue weighted by Crippen LogP contribution is 2.19. The van der Waals surface area contributed by atoms with Crippen LogP contribution in [0, 0.1) is 5.92 Å². The number of nitrogens with zero attached hydrogens (tertiary/aromatic N) is 1. The van der Waals surface area contributed by atoms with E-state index in [2.05, 4.69) is 4.72 Å². The summed E-state index contributed by atoms with van der Waals surface area (Å²) < 4.78 is 61.2. The number of hydrogen-bond donors (Lipinski definition) is 1. The van der Waals surface area contributed by atoms with E-state index in [-0.39, 0.29) is 22.9 Å². The van der Waals surface area contributed by atoms with Crippen LogP contribution in [0.4, 0.5) is 0 Å². The zero-order chi connectivity index (χ0) is 24.1. The number of carbonyl (C=O) groups excluding carboxylic acids is 2. The number of hydrogen-bond acceptors (Lipinski definition) is 8. The summed E-state index contributed by atoms with van der Waals surface area (Å²) in [5.41, 5.74) is 0. The van der Waals surface area contributed by atoms with Crippen molar-refractivity contribution in [3.63, 3.8) is 0 Å². The highest BCUT2D eigenvalue weighted by atomic mass is 32.2. The molecule has 2 unspecified atom stereocenters. The van der Waals surface area contributed by atoms with Crippen LogP contribution in [-0.4, -0.2) is 77.5 Å².